The van der Waals surface area contributed by atoms with Crippen LogP contribution in [0.25, 0.3) is 33.9 Å². The smallest absolute Gasteiger partial charge is 0.171 e. The molecule has 3 heterocycles. The molecule has 0 N–H and O–H groups in total. The predicted octanol–water partition coefficient (Wildman–Crippen LogP) is 11.6. The van der Waals surface area contributed by atoms with Crippen LogP contribution in [-0.4, -0.2) is 9.97 Å². The highest BCUT2D eigenvalue weighted by Crippen LogP contribution is 2.62. The van der Waals surface area contributed by atoms with E-state index < -0.39 is 12.6 Å². The lowest BCUT2D eigenvalue weighted by Crippen LogP contribution is -2.49. The first kappa shape index (κ1) is 34.1. The van der Waals surface area contributed by atoms with E-state index in [-0.39, 0.29) is 0 Å². The van der Waals surface area contributed by atoms with Crippen molar-refractivity contribution in [2.75, 3.05) is 4.90 Å². The standard InChI is InChI=1S/C53H36N3OP/c57-58(41-25-11-4-12-26-41)50-32-18-15-29-44(50)53(42-27-13-16-30-48(42)56(40-23-9-3-10-24-40)49-31-17-14-28-43(49)53)45-34-33-39(35-51(45)58)47-36-46(37-19-5-1-6-20-37)54-52(55-47)38-21-7-2-8-22-38/h1-36H. The minimum absolute atomic E-state index is 0.638. The third-order valence-corrected chi connectivity index (χ3v) is 14.9. The number of anilines is 3. The molecule has 1 aromatic heterocycles. The van der Waals surface area contributed by atoms with Gasteiger partial charge in [-0.1, -0.05) is 182 Å². The Labute approximate surface area is 338 Å². The molecule has 11 rings (SSSR count). The van der Waals surface area contributed by atoms with Crippen molar-refractivity contribution in [3.05, 3.63) is 241 Å². The Balaban J connectivity index is 1.24. The van der Waals surface area contributed by atoms with E-state index in [1.807, 2.05) is 84.9 Å². The van der Waals surface area contributed by atoms with Crippen molar-refractivity contribution < 1.29 is 4.57 Å². The van der Waals surface area contributed by atoms with Crippen LogP contribution in [0.15, 0.2) is 218 Å². The van der Waals surface area contributed by atoms with Crippen molar-refractivity contribution in [3.8, 4) is 33.9 Å². The van der Waals surface area contributed by atoms with Gasteiger partial charge in [-0.25, -0.2) is 9.97 Å². The van der Waals surface area contributed by atoms with Gasteiger partial charge in [-0.2, -0.15) is 0 Å². The summed E-state index contributed by atoms with van der Waals surface area (Å²) >= 11 is 0. The second kappa shape index (κ2) is 13.5. The number of aromatic nitrogens is 2. The zero-order valence-electron chi connectivity index (χ0n) is 31.5. The van der Waals surface area contributed by atoms with Crippen molar-refractivity contribution in [1.29, 1.82) is 0 Å². The van der Waals surface area contributed by atoms with Crippen molar-refractivity contribution in [2.45, 2.75) is 5.41 Å². The molecule has 0 bridgehead atoms. The Bertz CT molecular complexity index is 2940. The molecule has 0 aliphatic carbocycles. The van der Waals surface area contributed by atoms with Crippen molar-refractivity contribution >= 4 is 40.1 Å². The first-order chi connectivity index (χ1) is 28.7. The van der Waals surface area contributed by atoms with E-state index in [0.717, 1.165) is 83.3 Å². The van der Waals surface area contributed by atoms with Crippen LogP contribution in [0.2, 0.25) is 0 Å². The quantitative estimate of drug-likeness (QED) is 0.164. The molecule has 0 amide bonds. The van der Waals surface area contributed by atoms with Gasteiger partial charge in [0.25, 0.3) is 0 Å². The summed E-state index contributed by atoms with van der Waals surface area (Å²) in [6, 6.07) is 75.5. The molecule has 0 saturated carbocycles. The zero-order valence-corrected chi connectivity index (χ0v) is 32.4. The summed E-state index contributed by atoms with van der Waals surface area (Å²) in [5.41, 5.74) is 11.2. The van der Waals surface area contributed by atoms with E-state index >= 15 is 4.57 Å². The van der Waals surface area contributed by atoms with Crippen molar-refractivity contribution in [1.82, 2.24) is 9.97 Å². The van der Waals surface area contributed by atoms with E-state index in [1.165, 1.54) is 0 Å². The maximum absolute atomic E-state index is 16.7. The molecule has 1 spiro atoms. The fraction of sp³-hybridized carbons (Fsp3) is 0.0189. The fourth-order valence-electron chi connectivity index (χ4n) is 9.28. The van der Waals surface area contributed by atoms with Gasteiger partial charge in [-0.05, 0) is 58.7 Å². The number of rotatable bonds is 5. The lowest BCUT2D eigenvalue weighted by atomic mass is 9.62. The molecule has 0 saturated heterocycles. The highest BCUT2D eigenvalue weighted by molar-refractivity contribution is 7.85. The molecule has 1 atom stereocenters. The minimum Gasteiger partial charge on any atom is -0.310 e. The molecular formula is C53H36N3OP. The molecule has 274 valence electrons. The normalized spacial score (nSPS) is 15.8. The molecule has 0 fully saturated rings. The minimum atomic E-state index is -3.48. The van der Waals surface area contributed by atoms with Crippen LogP contribution in [0.3, 0.4) is 0 Å². The Morgan fingerprint density at radius 3 is 1.52 bits per heavy atom. The topological polar surface area (TPSA) is 46.1 Å². The summed E-state index contributed by atoms with van der Waals surface area (Å²) in [7, 11) is -3.48. The van der Waals surface area contributed by atoms with Gasteiger partial charge in [0.05, 0.1) is 28.2 Å². The summed E-state index contributed by atoms with van der Waals surface area (Å²) in [5, 5.41) is 2.46. The lowest BCUT2D eigenvalue weighted by Gasteiger charge is -2.50. The fourth-order valence-corrected chi connectivity index (χ4v) is 12.5. The molecule has 1 unspecified atom stereocenters. The lowest BCUT2D eigenvalue weighted by molar-refractivity contribution is 0.590. The molecule has 58 heavy (non-hydrogen) atoms. The highest BCUT2D eigenvalue weighted by Gasteiger charge is 2.55. The van der Waals surface area contributed by atoms with Crippen LogP contribution >= 0.6 is 7.14 Å². The maximum atomic E-state index is 16.7. The second-order valence-corrected chi connectivity index (χ2v) is 17.5. The Morgan fingerprint density at radius 1 is 0.397 bits per heavy atom. The van der Waals surface area contributed by atoms with Gasteiger partial charge >= 0.3 is 0 Å². The summed E-state index contributed by atoms with van der Waals surface area (Å²) in [6.45, 7) is 0. The van der Waals surface area contributed by atoms with Crippen LogP contribution < -0.4 is 20.8 Å². The number of fused-ring (bicyclic) bond motifs is 8. The Kier molecular flexibility index (Phi) is 7.96. The summed E-state index contributed by atoms with van der Waals surface area (Å²) < 4.78 is 16.7. The summed E-state index contributed by atoms with van der Waals surface area (Å²) in [5.74, 6) is 0.638. The molecular weight excluding hydrogens is 726 g/mol. The third-order valence-electron chi connectivity index (χ3n) is 11.7. The number of benzene rings is 8. The van der Waals surface area contributed by atoms with Gasteiger partial charge in [0.15, 0.2) is 13.0 Å². The van der Waals surface area contributed by atoms with Crippen molar-refractivity contribution in [2.24, 2.45) is 0 Å². The van der Waals surface area contributed by atoms with Crippen LogP contribution in [0.5, 0.6) is 0 Å². The number of hydrogen-bond acceptors (Lipinski definition) is 4. The van der Waals surface area contributed by atoms with Gasteiger partial charge < -0.3 is 9.46 Å². The SMILES string of the molecule is O=P1(c2ccccc2)c2ccccc2C2(c3ccccc3N(c3ccccc3)c3ccccc32)c2ccc(-c3cc(-c4ccccc4)nc(-c4ccccc4)n3)cc21. The number of para-hydroxylation sites is 3. The van der Waals surface area contributed by atoms with Crippen molar-refractivity contribution in [3.63, 3.8) is 0 Å². The summed E-state index contributed by atoms with van der Waals surface area (Å²) in [6.07, 6.45) is 0. The first-order valence-corrected chi connectivity index (χ1v) is 21.3. The average molecular weight is 762 g/mol. The van der Waals surface area contributed by atoms with E-state index in [2.05, 4.69) is 138 Å². The van der Waals surface area contributed by atoms with Gasteiger partial charge in [-0.3, -0.25) is 0 Å². The van der Waals surface area contributed by atoms with E-state index in [9.17, 15) is 0 Å². The molecule has 5 heteroatoms. The van der Waals surface area contributed by atoms with E-state index in [4.69, 9.17) is 9.97 Å². The monoisotopic (exact) mass is 761 g/mol. The number of nitrogens with zero attached hydrogens (tertiary/aromatic N) is 3. The van der Waals surface area contributed by atoms with Gasteiger partial charge in [0, 0.05) is 38.3 Å². The van der Waals surface area contributed by atoms with Crippen LogP contribution in [0, 0.1) is 0 Å². The molecule has 8 aromatic carbocycles. The largest absolute Gasteiger partial charge is 0.310 e. The molecule has 4 nitrogen and oxygen atoms in total. The first-order valence-electron chi connectivity index (χ1n) is 19.6. The van der Waals surface area contributed by atoms with E-state index in [1.54, 1.807) is 0 Å². The highest BCUT2D eigenvalue weighted by atomic mass is 31.2. The molecule has 0 radical (unpaired) electrons. The number of hydrogen-bond donors (Lipinski definition) is 0. The van der Waals surface area contributed by atoms with Crippen LogP contribution in [0.1, 0.15) is 22.3 Å². The van der Waals surface area contributed by atoms with Crippen LogP contribution in [-0.2, 0) is 9.98 Å². The Morgan fingerprint density at radius 2 is 0.879 bits per heavy atom. The molecule has 2 aliphatic heterocycles. The Hall–Kier alpha value is -7.13. The zero-order chi connectivity index (χ0) is 38.7. The van der Waals surface area contributed by atoms with Crippen LogP contribution in [0.4, 0.5) is 17.1 Å². The third kappa shape index (κ3) is 5.05. The van der Waals surface area contributed by atoms with E-state index in [0.29, 0.717) is 5.82 Å². The summed E-state index contributed by atoms with van der Waals surface area (Å²) in [4.78, 5) is 12.7. The molecule has 9 aromatic rings. The molecule has 2 aliphatic rings. The van der Waals surface area contributed by atoms with Gasteiger partial charge in [0.2, 0.25) is 0 Å². The van der Waals surface area contributed by atoms with Gasteiger partial charge in [0.1, 0.15) is 0 Å². The maximum Gasteiger partial charge on any atom is 0.171 e. The predicted molar refractivity (Wildman–Crippen MR) is 238 cm³/mol. The van der Waals surface area contributed by atoms with Gasteiger partial charge in [-0.15, -0.1) is 0 Å². The average Bonchev–Trinajstić information content (AvgIpc) is 3.31. The second-order valence-electron chi connectivity index (χ2n) is 14.8.